The fourth-order valence-electron chi connectivity index (χ4n) is 2.61. The molecule has 2 rings (SSSR count). The highest BCUT2D eigenvalue weighted by atomic mass is 14.9. The fourth-order valence-corrected chi connectivity index (χ4v) is 2.61. The van der Waals surface area contributed by atoms with Gasteiger partial charge in [0.15, 0.2) is 0 Å². The summed E-state index contributed by atoms with van der Waals surface area (Å²) in [5.74, 6) is 0.638. The molecule has 0 radical (unpaired) electrons. The average Bonchev–Trinajstić information content (AvgIpc) is 2.53. The van der Waals surface area contributed by atoms with Crippen molar-refractivity contribution in [3.63, 3.8) is 0 Å². The third-order valence-electron chi connectivity index (χ3n) is 3.83. The SMILES string of the molecule is CCC(CC)C(NCc1ccncn1)c1ccccc1. The molecule has 1 aromatic carbocycles. The summed E-state index contributed by atoms with van der Waals surface area (Å²) in [6.45, 7) is 5.30. The standard InChI is InChI=1S/C17H23N3/c1-3-14(4-2)17(15-8-6-5-7-9-15)19-12-16-10-11-18-13-20-16/h5-11,13-14,17,19H,3-4,12H2,1-2H3. The molecule has 0 bridgehead atoms. The minimum Gasteiger partial charge on any atom is -0.304 e. The van der Waals surface area contributed by atoms with Gasteiger partial charge in [0.2, 0.25) is 0 Å². The summed E-state index contributed by atoms with van der Waals surface area (Å²) >= 11 is 0. The van der Waals surface area contributed by atoms with Crippen molar-refractivity contribution < 1.29 is 0 Å². The summed E-state index contributed by atoms with van der Waals surface area (Å²) in [5.41, 5.74) is 2.39. The summed E-state index contributed by atoms with van der Waals surface area (Å²) in [6.07, 6.45) is 5.74. The van der Waals surface area contributed by atoms with Gasteiger partial charge in [-0.15, -0.1) is 0 Å². The van der Waals surface area contributed by atoms with Gasteiger partial charge in [-0.2, -0.15) is 0 Å². The maximum atomic E-state index is 4.28. The van der Waals surface area contributed by atoms with Gasteiger partial charge in [0, 0.05) is 18.8 Å². The van der Waals surface area contributed by atoms with Gasteiger partial charge < -0.3 is 5.32 Å². The average molecular weight is 269 g/mol. The van der Waals surface area contributed by atoms with Crippen LogP contribution in [0.15, 0.2) is 48.9 Å². The highest BCUT2D eigenvalue weighted by molar-refractivity contribution is 5.20. The minimum atomic E-state index is 0.376. The normalized spacial score (nSPS) is 12.6. The van der Waals surface area contributed by atoms with E-state index in [-0.39, 0.29) is 0 Å². The molecule has 1 N–H and O–H groups in total. The van der Waals surface area contributed by atoms with E-state index in [4.69, 9.17) is 0 Å². The first-order valence-electron chi connectivity index (χ1n) is 7.38. The molecule has 1 unspecified atom stereocenters. The fraction of sp³-hybridized carbons (Fsp3) is 0.412. The van der Waals surface area contributed by atoms with Crippen LogP contribution in [-0.2, 0) is 6.54 Å². The third kappa shape index (κ3) is 3.87. The van der Waals surface area contributed by atoms with Gasteiger partial charge in [-0.1, -0.05) is 57.0 Å². The van der Waals surface area contributed by atoms with Crippen molar-refractivity contribution in [3.05, 3.63) is 60.2 Å². The summed E-state index contributed by atoms with van der Waals surface area (Å²) in [7, 11) is 0. The number of nitrogens with one attached hydrogen (secondary N) is 1. The molecule has 3 nitrogen and oxygen atoms in total. The number of nitrogens with zero attached hydrogens (tertiary/aromatic N) is 2. The highest BCUT2D eigenvalue weighted by Crippen LogP contribution is 2.27. The van der Waals surface area contributed by atoms with E-state index in [1.54, 1.807) is 12.5 Å². The van der Waals surface area contributed by atoms with Crippen molar-refractivity contribution in [2.45, 2.75) is 39.3 Å². The monoisotopic (exact) mass is 269 g/mol. The van der Waals surface area contributed by atoms with E-state index in [9.17, 15) is 0 Å². The first-order chi connectivity index (χ1) is 9.85. The maximum absolute atomic E-state index is 4.28. The number of hydrogen-bond acceptors (Lipinski definition) is 3. The predicted octanol–water partition coefficient (Wildman–Crippen LogP) is 3.74. The van der Waals surface area contributed by atoms with Gasteiger partial charge in [-0.3, -0.25) is 0 Å². The third-order valence-corrected chi connectivity index (χ3v) is 3.83. The molecule has 1 heterocycles. The van der Waals surface area contributed by atoms with Crippen LogP contribution >= 0.6 is 0 Å². The van der Waals surface area contributed by atoms with Gasteiger partial charge in [0.1, 0.15) is 6.33 Å². The summed E-state index contributed by atoms with van der Waals surface area (Å²) in [4.78, 5) is 8.24. The first-order valence-corrected chi connectivity index (χ1v) is 7.38. The van der Waals surface area contributed by atoms with Crippen molar-refractivity contribution in [1.82, 2.24) is 15.3 Å². The lowest BCUT2D eigenvalue weighted by molar-refractivity contribution is 0.338. The zero-order valence-electron chi connectivity index (χ0n) is 12.3. The molecule has 0 fully saturated rings. The van der Waals surface area contributed by atoms with E-state index < -0.39 is 0 Å². The minimum absolute atomic E-state index is 0.376. The zero-order chi connectivity index (χ0) is 14.2. The molecule has 0 aliphatic carbocycles. The Labute approximate surface area is 121 Å². The lowest BCUT2D eigenvalue weighted by atomic mass is 9.89. The molecule has 0 amide bonds. The van der Waals surface area contributed by atoms with Gasteiger partial charge in [-0.05, 0) is 17.5 Å². The highest BCUT2D eigenvalue weighted by Gasteiger charge is 2.19. The van der Waals surface area contributed by atoms with Crippen LogP contribution in [0.25, 0.3) is 0 Å². The van der Waals surface area contributed by atoms with Crippen LogP contribution in [0.5, 0.6) is 0 Å². The molecule has 1 atom stereocenters. The van der Waals surface area contributed by atoms with Crippen LogP contribution in [0.3, 0.4) is 0 Å². The van der Waals surface area contributed by atoms with Crippen molar-refractivity contribution in [2.75, 3.05) is 0 Å². The second kappa shape index (κ2) is 7.75. The topological polar surface area (TPSA) is 37.8 Å². The lowest BCUT2D eigenvalue weighted by Gasteiger charge is -2.27. The Morgan fingerprint density at radius 1 is 1.05 bits per heavy atom. The Hall–Kier alpha value is -1.74. The van der Waals surface area contributed by atoms with Crippen LogP contribution in [0.1, 0.15) is 44.0 Å². The van der Waals surface area contributed by atoms with E-state index in [1.165, 1.54) is 18.4 Å². The van der Waals surface area contributed by atoms with Crippen molar-refractivity contribution in [1.29, 1.82) is 0 Å². The molecule has 0 aliphatic heterocycles. The first kappa shape index (κ1) is 14.7. The van der Waals surface area contributed by atoms with Crippen LogP contribution < -0.4 is 5.32 Å². The quantitative estimate of drug-likeness (QED) is 0.832. The molecule has 0 saturated carbocycles. The van der Waals surface area contributed by atoms with Crippen LogP contribution in [0.2, 0.25) is 0 Å². The number of aromatic nitrogens is 2. The maximum Gasteiger partial charge on any atom is 0.115 e. The Balaban J connectivity index is 2.11. The van der Waals surface area contributed by atoms with E-state index in [1.807, 2.05) is 6.07 Å². The van der Waals surface area contributed by atoms with E-state index >= 15 is 0 Å². The smallest absolute Gasteiger partial charge is 0.115 e. The van der Waals surface area contributed by atoms with Gasteiger partial charge in [0.05, 0.1) is 5.69 Å². The second-order valence-electron chi connectivity index (χ2n) is 5.05. The van der Waals surface area contributed by atoms with E-state index in [2.05, 4.69) is 59.5 Å². The molecule has 2 aromatic rings. The van der Waals surface area contributed by atoms with Crippen molar-refractivity contribution >= 4 is 0 Å². The van der Waals surface area contributed by atoms with Crippen molar-refractivity contribution in [3.8, 4) is 0 Å². The van der Waals surface area contributed by atoms with Crippen LogP contribution in [0, 0.1) is 5.92 Å². The second-order valence-corrected chi connectivity index (χ2v) is 5.05. The predicted molar refractivity (Wildman–Crippen MR) is 82.1 cm³/mol. The van der Waals surface area contributed by atoms with E-state index in [0.717, 1.165) is 12.2 Å². The molecule has 0 spiro atoms. The molecule has 3 heteroatoms. The Morgan fingerprint density at radius 2 is 1.80 bits per heavy atom. The molecular formula is C17H23N3. The van der Waals surface area contributed by atoms with Gasteiger partial charge in [0.25, 0.3) is 0 Å². The molecule has 0 saturated heterocycles. The Kier molecular flexibility index (Phi) is 5.69. The molecule has 0 aliphatic rings. The Bertz CT molecular complexity index is 480. The van der Waals surface area contributed by atoms with Gasteiger partial charge in [-0.25, -0.2) is 9.97 Å². The molecule has 106 valence electrons. The molecule has 1 aromatic heterocycles. The number of benzene rings is 1. The van der Waals surface area contributed by atoms with Gasteiger partial charge >= 0.3 is 0 Å². The summed E-state index contributed by atoms with van der Waals surface area (Å²) < 4.78 is 0. The molecular weight excluding hydrogens is 246 g/mol. The zero-order valence-corrected chi connectivity index (χ0v) is 12.3. The largest absolute Gasteiger partial charge is 0.304 e. The number of rotatable bonds is 7. The summed E-state index contributed by atoms with van der Waals surface area (Å²) in [6, 6.07) is 13.0. The summed E-state index contributed by atoms with van der Waals surface area (Å²) in [5, 5.41) is 3.66. The van der Waals surface area contributed by atoms with Crippen LogP contribution in [0.4, 0.5) is 0 Å². The van der Waals surface area contributed by atoms with Crippen LogP contribution in [-0.4, -0.2) is 9.97 Å². The Morgan fingerprint density at radius 3 is 2.40 bits per heavy atom. The number of hydrogen-bond donors (Lipinski definition) is 1. The lowest BCUT2D eigenvalue weighted by Crippen LogP contribution is -2.28. The van der Waals surface area contributed by atoms with Crippen molar-refractivity contribution in [2.24, 2.45) is 5.92 Å². The molecule has 20 heavy (non-hydrogen) atoms. The van der Waals surface area contributed by atoms with E-state index in [0.29, 0.717) is 12.0 Å².